The number of rotatable bonds is 3. The predicted molar refractivity (Wildman–Crippen MR) is 48.8 cm³/mol. The molecule has 0 bridgehead atoms. The van der Waals surface area contributed by atoms with Crippen molar-refractivity contribution in [2.75, 3.05) is 6.54 Å². The van der Waals surface area contributed by atoms with E-state index in [1.54, 1.807) is 0 Å². The highest BCUT2D eigenvalue weighted by Gasteiger charge is 2.20. The van der Waals surface area contributed by atoms with Crippen LogP contribution in [0.5, 0.6) is 0 Å². The number of carbonyl (C=O) groups excluding carboxylic acids is 1. The molecular formula is C9H19NO2. The fourth-order valence-corrected chi connectivity index (χ4v) is 0.620. The van der Waals surface area contributed by atoms with Crippen LogP contribution in [-0.2, 0) is 4.79 Å². The number of aliphatic hydroxyl groups is 1. The average molecular weight is 173 g/mol. The zero-order valence-electron chi connectivity index (χ0n) is 8.35. The zero-order chi connectivity index (χ0) is 9.78. The van der Waals surface area contributed by atoms with Gasteiger partial charge in [-0.3, -0.25) is 4.79 Å². The molecule has 0 aromatic heterocycles. The quantitative estimate of drug-likeness (QED) is 0.666. The van der Waals surface area contributed by atoms with E-state index in [0.29, 0.717) is 13.0 Å². The van der Waals surface area contributed by atoms with E-state index in [9.17, 15) is 4.79 Å². The highest BCUT2D eigenvalue weighted by Crippen LogP contribution is 2.12. The Labute approximate surface area is 74.2 Å². The molecule has 3 heteroatoms. The summed E-state index contributed by atoms with van der Waals surface area (Å²) in [7, 11) is 0. The zero-order valence-corrected chi connectivity index (χ0v) is 8.35. The van der Waals surface area contributed by atoms with E-state index in [2.05, 4.69) is 5.32 Å². The second-order valence-corrected chi connectivity index (χ2v) is 4.02. The first-order chi connectivity index (χ1) is 5.38. The molecule has 0 radical (unpaired) electrons. The molecule has 0 heterocycles. The van der Waals surface area contributed by atoms with Gasteiger partial charge in [0, 0.05) is 12.0 Å². The highest BCUT2D eigenvalue weighted by atomic mass is 16.3. The highest BCUT2D eigenvalue weighted by molar-refractivity contribution is 5.81. The molecule has 0 spiro atoms. The minimum atomic E-state index is -0.420. The Morgan fingerprint density at radius 3 is 2.33 bits per heavy atom. The summed E-state index contributed by atoms with van der Waals surface area (Å²) in [6.45, 7) is 7.78. The first kappa shape index (κ1) is 11.4. The van der Waals surface area contributed by atoms with Gasteiger partial charge in [0.05, 0.1) is 6.10 Å². The Bertz CT molecular complexity index is 149. The smallest absolute Gasteiger partial charge is 0.225 e. The first-order valence-electron chi connectivity index (χ1n) is 4.34. The molecule has 0 saturated heterocycles. The molecule has 1 amide bonds. The molecule has 0 aromatic rings. The molecule has 2 N–H and O–H groups in total. The second kappa shape index (κ2) is 4.45. The summed E-state index contributed by atoms with van der Waals surface area (Å²) < 4.78 is 0. The van der Waals surface area contributed by atoms with Gasteiger partial charge in [-0.1, -0.05) is 27.7 Å². The van der Waals surface area contributed by atoms with Gasteiger partial charge in [-0.05, 0) is 6.42 Å². The van der Waals surface area contributed by atoms with Gasteiger partial charge in [-0.2, -0.15) is 0 Å². The maximum absolute atomic E-state index is 11.3. The monoisotopic (exact) mass is 173 g/mol. The van der Waals surface area contributed by atoms with E-state index in [-0.39, 0.29) is 11.3 Å². The van der Waals surface area contributed by atoms with Gasteiger partial charge < -0.3 is 10.4 Å². The van der Waals surface area contributed by atoms with Crippen molar-refractivity contribution in [1.82, 2.24) is 5.32 Å². The summed E-state index contributed by atoms with van der Waals surface area (Å²) in [6, 6.07) is 0. The molecule has 0 aromatic carbocycles. The van der Waals surface area contributed by atoms with Crippen LogP contribution in [0.25, 0.3) is 0 Å². The van der Waals surface area contributed by atoms with Crippen LogP contribution in [-0.4, -0.2) is 23.7 Å². The Morgan fingerprint density at radius 1 is 1.50 bits per heavy atom. The van der Waals surface area contributed by atoms with Crippen LogP contribution < -0.4 is 5.32 Å². The Balaban J connectivity index is 3.73. The maximum Gasteiger partial charge on any atom is 0.225 e. The van der Waals surface area contributed by atoms with E-state index >= 15 is 0 Å². The lowest BCUT2D eigenvalue weighted by molar-refractivity contribution is -0.128. The molecule has 0 aliphatic carbocycles. The minimum Gasteiger partial charge on any atom is -0.391 e. The Kier molecular flexibility index (Phi) is 4.24. The van der Waals surface area contributed by atoms with Crippen LogP contribution in [0.4, 0.5) is 0 Å². The van der Waals surface area contributed by atoms with Crippen molar-refractivity contribution in [3.8, 4) is 0 Å². The van der Waals surface area contributed by atoms with Crippen molar-refractivity contribution in [3.05, 3.63) is 0 Å². The van der Waals surface area contributed by atoms with Gasteiger partial charge in [-0.15, -0.1) is 0 Å². The van der Waals surface area contributed by atoms with E-state index in [1.807, 2.05) is 27.7 Å². The summed E-state index contributed by atoms with van der Waals surface area (Å²) in [4.78, 5) is 11.3. The lowest BCUT2D eigenvalue weighted by Gasteiger charge is -2.18. The lowest BCUT2D eigenvalue weighted by atomic mass is 9.95. The third-order valence-electron chi connectivity index (χ3n) is 1.65. The van der Waals surface area contributed by atoms with Crippen LogP contribution in [0.15, 0.2) is 0 Å². The second-order valence-electron chi connectivity index (χ2n) is 4.02. The molecule has 0 unspecified atom stereocenters. The van der Waals surface area contributed by atoms with Gasteiger partial charge in [-0.25, -0.2) is 0 Å². The van der Waals surface area contributed by atoms with Crippen molar-refractivity contribution < 1.29 is 9.90 Å². The molecule has 0 aliphatic heterocycles. The predicted octanol–water partition coefficient (Wildman–Crippen LogP) is 0.920. The van der Waals surface area contributed by atoms with E-state index in [4.69, 9.17) is 5.11 Å². The minimum absolute atomic E-state index is 0.0185. The standard InChI is InChI=1S/C9H19NO2/c1-5-7(11)6-10-8(12)9(2,3)4/h7,11H,5-6H2,1-4H3,(H,10,12)/t7-/m0/s1. The van der Waals surface area contributed by atoms with E-state index in [1.165, 1.54) is 0 Å². The number of nitrogens with one attached hydrogen (secondary N) is 1. The number of amides is 1. The van der Waals surface area contributed by atoms with E-state index in [0.717, 1.165) is 0 Å². The van der Waals surface area contributed by atoms with Crippen LogP contribution in [0, 0.1) is 5.41 Å². The molecule has 1 atom stereocenters. The third kappa shape index (κ3) is 4.34. The topological polar surface area (TPSA) is 49.3 Å². The van der Waals surface area contributed by atoms with Crippen LogP contribution in [0.2, 0.25) is 0 Å². The number of carbonyl (C=O) groups is 1. The third-order valence-corrected chi connectivity index (χ3v) is 1.65. The van der Waals surface area contributed by atoms with Gasteiger partial charge >= 0.3 is 0 Å². The average Bonchev–Trinajstić information content (AvgIpc) is 1.97. The van der Waals surface area contributed by atoms with Crippen LogP contribution >= 0.6 is 0 Å². The van der Waals surface area contributed by atoms with E-state index < -0.39 is 6.10 Å². The van der Waals surface area contributed by atoms with Crippen LogP contribution in [0.1, 0.15) is 34.1 Å². The number of hydrogen-bond acceptors (Lipinski definition) is 2. The molecule has 0 aliphatic rings. The summed E-state index contributed by atoms with van der Waals surface area (Å²) in [6.07, 6.45) is 0.251. The van der Waals surface area contributed by atoms with Gasteiger partial charge in [0.25, 0.3) is 0 Å². The Morgan fingerprint density at radius 2 is 2.00 bits per heavy atom. The number of hydrogen-bond donors (Lipinski definition) is 2. The van der Waals surface area contributed by atoms with Gasteiger partial charge in [0.2, 0.25) is 5.91 Å². The van der Waals surface area contributed by atoms with Crippen molar-refractivity contribution in [1.29, 1.82) is 0 Å². The maximum atomic E-state index is 11.3. The number of aliphatic hydroxyl groups excluding tert-OH is 1. The van der Waals surface area contributed by atoms with Gasteiger partial charge in [0.15, 0.2) is 0 Å². The van der Waals surface area contributed by atoms with Crippen molar-refractivity contribution in [2.24, 2.45) is 5.41 Å². The summed E-state index contributed by atoms with van der Waals surface area (Å²) in [5.74, 6) is -0.0185. The summed E-state index contributed by atoms with van der Waals surface area (Å²) >= 11 is 0. The molecular weight excluding hydrogens is 154 g/mol. The first-order valence-corrected chi connectivity index (χ1v) is 4.34. The van der Waals surface area contributed by atoms with Crippen molar-refractivity contribution in [2.45, 2.75) is 40.2 Å². The summed E-state index contributed by atoms with van der Waals surface area (Å²) in [5.41, 5.74) is -0.368. The molecule has 0 rings (SSSR count). The molecule has 0 fully saturated rings. The Hall–Kier alpha value is -0.570. The molecule has 12 heavy (non-hydrogen) atoms. The van der Waals surface area contributed by atoms with Crippen molar-refractivity contribution in [3.63, 3.8) is 0 Å². The molecule has 3 nitrogen and oxygen atoms in total. The van der Waals surface area contributed by atoms with Crippen LogP contribution in [0.3, 0.4) is 0 Å². The fourth-order valence-electron chi connectivity index (χ4n) is 0.620. The summed E-state index contributed by atoms with van der Waals surface area (Å²) in [5, 5.41) is 11.8. The fraction of sp³-hybridized carbons (Fsp3) is 0.889. The molecule has 0 saturated carbocycles. The lowest BCUT2D eigenvalue weighted by Crippen LogP contribution is -2.39. The largest absolute Gasteiger partial charge is 0.391 e. The van der Waals surface area contributed by atoms with Crippen molar-refractivity contribution >= 4 is 5.91 Å². The van der Waals surface area contributed by atoms with Gasteiger partial charge in [0.1, 0.15) is 0 Å². The normalized spacial score (nSPS) is 14.1. The molecule has 72 valence electrons. The SMILES string of the molecule is CC[C@H](O)CNC(=O)C(C)(C)C.